The van der Waals surface area contributed by atoms with Crippen molar-refractivity contribution in [3.63, 3.8) is 0 Å². The second-order valence-corrected chi connectivity index (χ2v) is 5.17. The van der Waals surface area contributed by atoms with Crippen molar-refractivity contribution in [2.45, 2.75) is 40.5 Å². The average Bonchev–Trinajstić information content (AvgIpc) is 2.47. The first kappa shape index (κ1) is 14.5. The lowest BCUT2D eigenvalue weighted by Gasteiger charge is -2.11. The van der Waals surface area contributed by atoms with Gasteiger partial charge in [0.15, 0.2) is 5.82 Å². The number of aromatic nitrogens is 2. The molecule has 0 aliphatic rings. The number of benzene rings is 1. The maximum Gasteiger partial charge on any atom is 0.162 e. The zero-order valence-corrected chi connectivity index (χ0v) is 12.8. The van der Waals surface area contributed by atoms with E-state index in [9.17, 15) is 0 Å². The van der Waals surface area contributed by atoms with E-state index in [-0.39, 0.29) is 0 Å². The molecule has 0 aliphatic heterocycles. The molecule has 0 atom stereocenters. The molecule has 2 rings (SSSR count). The van der Waals surface area contributed by atoms with E-state index < -0.39 is 0 Å². The molecule has 0 radical (unpaired) electrons. The van der Waals surface area contributed by atoms with Crippen LogP contribution >= 0.6 is 0 Å². The molecule has 1 aromatic carbocycles. The van der Waals surface area contributed by atoms with Crippen molar-refractivity contribution in [2.24, 2.45) is 0 Å². The molecule has 106 valence electrons. The molecule has 1 aromatic heterocycles. The highest BCUT2D eigenvalue weighted by atomic mass is 15.0. The van der Waals surface area contributed by atoms with Crippen molar-refractivity contribution in [3.05, 3.63) is 41.1 Å². The molecule has 0 saturated heterocycles. The minimum absolute atomic E-state index is 0.823. The van der Waals surface area contributed by atoms with Gasteiger partial charge in [0.25, 0.3) is 0 Å². The summed E-state index contributed by atoms with van der Waals surface area (Å²) in [6, 6.07) is 8.46. The Morgan fingerprint density at radius 1 is 1.05 bits per heavy atom. The predicted octanol–water partition coefficient (Wildman–Crippen LogP) is 4.14. The molecule has 0 fully saturated rings. The molecule has 3 heteroatoms. The van der Waals surface area contributed by atoms with Gasteiger partial charge in [0, 0.05) is 23.9 Å². The van der Waals surface area contributed by atoms with Crippen molar-refractivity contribution in [2.75, 3.05) is 11.9 Å². The molecule has 0 spiro atoms. The molecule has 2 aromatic rings. The second kappa shape index (κ2) is 6.51. The maximum absolute atomic E-state index is 4.68. The predicted molar refractivity (Wildman–Crippen MR) is 85.1 cm³/mol. The lowest BCUT2D eigenvalue weighted by molar-refractivity contribution is 0.950. The molecule has 0 amide bonds. The fraction of sp³-hybridized carbons (Fsp3) is 0.412. The Labute approximate surface area is 121 Å². The first-order valence-corrected chi connectivity index (χ1v) is 7.33. The molecule has 3 nitrogen and oxygen atoms in total. The Morgan fingerprint density at radius 2 is 1.85 bits per heavy atom. The first-order valence-electron chi connectivity index (χ1n) is 7.33. The van der Waals surface area contributed by atoms with E-state index in [1.165, 1.54) is 11.1 Å². The SMILES string of the molecule is CCCNc1cc(CC)nc(-c2cc(C)ccc2C)n1. The molecular weight excluding hydrogens is 246 g/mol. The van der Waals surface area contributed by atoms with Crippen LogP contribution in [0.25, 0.3) is 11.4 Å². The van der Waals surface area contributed by atoms with Crippen molar-refractivity contribution < 1.29 is 0 Å². The topological polar surface area (TPSA) is 37.8 Å². The molecular formula is C17H23N3. The van der Waals surface area contributed by atoms with E-state index >= 15 is 0 Å². The van der Waals surface area contributed by atoms with Crippen LogP contribution in [0, 0.1) is 13.8 Å². The first-order chi connectivity index (χ1) is 9.63. The highest BCUT2D eigenvalue weighted by Crippen LogP contribution is 2.23. The molecule has 1 N–H and O–H groups in total. The number of rotatable bonds is 5. The standard InChI is InChI=1S/C17H23N3/c1-5-9-18-16-11-14(6-2)19-17(20-16)15-10-12(3)7-8-13(15)4/h7-8,10-11H,5-6,9H2,1-4H3,(H,18,19,20). The highest BCUT2D eigenvalue weighted by molar-refractivity contribution is 5.62. The lowest BCUT2D eigenvalue weighted by Crippen LogP contribution is -2.05. The number of aryl methyl sites for hydroxylation is 3. The fourth-order valence-corrected chi connectivity index (χ4v) is 2.12. The van der Waals surface area contributed by atoms with Crippen LogP contribution in [0.15, 0.2) is 24.3 Å². The van der Waals surface area contributed by atoms with Gasteiger partial charge in [0.2, 0.25) is 0 Å². The summed E-state index contributed by atoms with van der Waals surface area (Å²) in [7, 11) is 0. The number of hydrogen-bond acceptors (Lipinski definition) is 3. The smallest absolute Gasteiger partial charge is 0.162 e. The molecule has 20 heavy (non-hydrogen) atoms. The third kappa shape index (κ3) is 3.35. The molecule has 0 bridgehead atoms. The van der Waals surface area contributed by atoms with Crippen molar-refractivity contribution in [3.8, 4) is 11.4 Å². The number of nitrogens with zero attached hydrogens (tertiary/aromatic N) is 2. The van der Waals surface area contributed by atoms with Crippen molar-refractivity contribution in [1.82, 2.24) is 9.97 Å². The van der Waals surface area contributed by atoms with Crippen LogP contribution in [-0.4, -0.2) is 16.5 Å². The van der Waals surface area contributed by atoms with Crippen LogP contribution in [-0.2, 0) is 6.42 Å². The summed E-state index contributed by atoms with van der Waals surface area (Å²) in [5, 5.41) is 3.36. The Morgan fingerprint density at radius 3 is 2.55 bits per heavy atom. The highest BCUT2D eigenvalue weighted by Gasteiger charge is 2.09. The molecule has 0 unspecified atom stereocenters. The van der Waals surface area contributed by atoms with Gasteiger partial charge >= 0.3 is 0 Å². The van der Waals surface area contributed by atoms with Gasteiger partial charge in [0.05, 0.1) is 0 Å². The normalized spacial score (nSPS) is 10.6. The van der Waals surface area contributed by atoms with Gasteiger partial charge in [-0.25, -0.2) is 9.97 Å². The van der Waals surface area contributed by atoms with Crippen LogP contribution < -0.4 is 5.32 Å². The third-order valence-electron chi connectivity index (χ3n) is 3.33. The van der Waals surface area contributed by atoms with Gasteiger partial charge in [-0.2, -0.15) is 0 Å². The van der Waals surface area contributed by atoms with Crippen molar-refractivity contribution >= 4 is 5.82 Å². The van der Waals surface area contributed by atoms with Gasteiger partial charge in [-0.3, -0.25) is 0 Å². The van der Waals surface area contributed by atoms with Crippen LogP contribution in [0.1, 0.15) is 37.1 Å². The van der Waals surface area contributed by atoms with E-state index in [4.69, 9.17) is 0 Å². The van der Waals surface area contributed by atoms with E-state index in [1.807, 2.05) is 6.07 Å². The van der Waals surface area contributed by atoms with Crippen LogP contribution in [0.5, 0.6) is 0 Å². The number of anilines is 1. The lowest BCUT2D eigenvalue weighted by atomic mass is 10.0. The third-order valence-corrected chi connectivity index (χ3v) is 3.33. The minimum atomic E-state index is 0.823. The maximum atomic E-state index is 4.68. The average molecular weight is 269 g/mol. The number of hydrogen-bond donors (Lipinski definition) is 1. The van der Waals surface area contributed by atoms with Crippen LogP contribution in [0.2, 0.25) is 0 Å². The zero-order valence-electron chi connectivity index (χ0n) is 12.8. The summed E-state index contributed by atoms with van der Waals surface area (Å²) in [6.07, 6.45) is 2.01. The Kier molecular flexibility index (Phi) is 4.72. The summed E-state index contributed by atoms with van der Waals surface area (Å²) >= 11 is 0. The summed E-state index contributed by atoms with van der Waals surface area (Å²) in [5.41, 5.74) is 4.65. The van der Waals surface area contributed by atoms with Crippen LogP contribution in [0.4, 0.5) is 5.82 Å². The van der Waals surface area contributed by atoms with Gasteiger partial charge in [-0.15, -0.1) is 0 Å². The van der Waals surface area contributed by atoms with Crippen molar-refractivity contribution in [1.29, 1.82) is 0 Å². The van der Waals surface area contributed by atoms with Crippen LogP contribution in [0.3, 0.4) is 0 Å². The van der Waals surface area contributed by atoms with Gasteiger partial charge in [-0.1, -0.05) is 31.5 Å². The van der Waals surface area contributed by atoms with E-state index in [1.54, 1.807) is 0 Å². The molecule has 0 aliphatic carbocycles. The monoisotopic (exact) mass is 269 g/mol. The van der Waals surface area contributed by atoms with E-state index in [0.29, 0.717) is 0 Å². The largest absolute Gasteiger partial charge is 0.370 e. The van der Waals surface area contributed by atoms with E-state index in [2.05, 4.69) is 61.2 Å². The fourth-order valence-electron chi connectivity index (χ4n) is 2.12. The second-order valence-electron chi connectivity index (χ2n) is 5.17. The Balaban J connectivity index is 2.46. The quantitative estimate of drug-likeness (QED) is 0.886. The molecule has 1 heterocycles. The summed E-state index contributed by atoms with van der Waals surface area (Å²) in [6.45, 7) is 9.42. The summed E-state index contributed by atoms with van der Waals surface area (Å²) in [5.74, 6) is 1.75. The van der Waals surface area contributed by atoms with Gasteiger partial charge in [0.1, 0.15) is 5.82 Å². The Hall–Kier alpha value is -1.90. The minimum Gasteiger partial charge on any atom is -0.370 e. The molecule has 0 saturated carbocycles. The Bertz CT molecular complexity index is 591. The van der Waals surface area contributed by atoms with Gasteiger partial charge in [-0.05, 0) is 38.3 Å². The zero-order chi connectivity index (χ0) is 14.5. The number of nitrogens with one attached hydrogen (secondary N) is 1. The summed E-state index contributed by atoms with van der Waals surface area (Å²) < 4.78 is 0. The van der Waals surface area contributed by atoms with E-state index in [0.717, 1.165) is 42.3 Å². The summed E-state index contributed by atoms with van der Waals surface area (Å²) in [4.78, 5) is 9.35. The van der Waals surface area contributed by atoms with Gasteiger partial charge < -0.3 is 5.32 Å².